The van der Waals surface area contributed by atoms with Gasteiger partial charge < -0.3 is 9.47 Å². The van der Waals surface area contributed by atoms with E-state index in [4.69, 9.17) is 9.47 Å². The summed E-state index contributed by atoms with van der Waals surface area (Å²) in [7, 11) is 3.19. The summed E-state index contributed by atoms with van der Waals surface area (Å²) >= 11 is 1.74. The van der Waals surface area contributed by atoms with Gasteiger partial charge in [-0.3, -0.25) is 4.79 Å². The molecule has 1 rings (SSSR count). The van der Waals surface area contributed by atoms with E-state index >= 15 is 0 Å². The predicted octanol–water partition coefficient (Wildman–Crippen LogP) is 3.80. The molecule has 0 bridgehead atoms. The highest BCUT2D eigenvalue weighted by Gasteiger charge is 2.10. The normalized spacial score (nSPS) is 10.2. The van der Waals surface area contributed by atoms with Crippen LogP contribution in [0.15, 0.2) is 17.0 Å². The van der Waals surface area contributed by atoms with Crippen molar-refractivity contribution in [3.63, 3.8) is 0 Å². The second-order valence-electron chi connectivity index (χ2n) is 3.92. The molecule has 3 nitrogen and oxygen atoms in total. The third-order valence-corrected chi connectivity index (χ3v) is 3.77. The Morgan fingerprint density at radius 2 is 1.89 bits per heavy atom. The van der Waals surface area contributed by atoms with E-state index < -0.39 is 0 Å². The molecule has 0 atom stereocenters. The van der Waals surface area contributed by atoms with E-state index in [2.05, 4.69) is 6.92 Å². The lowest BCUT2D eigenvalue weighted by molar-refractivity contribution is 0.112. The van der Waals surface area contributed by atoms with Gasteiger partial charge >= 0.3 is 0 Å². The van der Waals surface area contributed by atoms with Crippen LogP contribution in [0.2, 0.25) is 0 Å². The van der Waals surface area contributed by atoms with E-state index in [1.165, 1.54) is 19.3 Å². The van der Waals surface area contributed by atoms with Crippen molar-refractivity contribution >= 4 is 18.0 Å². The van der Waals surface area contributed by atoms with Gasteiger partial charge in [-0.1, -0.05) is 19.8 Å². The lowest BCUT2D eigenvalue weighted by Crippen LogP contribution is -1.95. The fourth-order valence-corrected chi connectivity index (χ4v) is 2.68. The van der Waals surface area contributed by atoms with Crippen LogP contribution in [0.25, 0.3) is 0 Å². The van der Waals surface area contributed by atoms with Crippen molar-refractivity contribution in [2.75, 3.05) is 20.0 Å². The van der Waals surface area contributed by atoms with Crippen molar-refractivity contribution in [1.82, 2.24) is 0 Å². The van der Waals surface area contributed by atoms with Gasteiger partial charge in [0.15, 0.2) is 6.29 Å². The zero-order valence-electron chi connectivity index (χ0n) is 11.2. The van der Waals surface area contributed by atoms with Gasteiger partial charge in [0.05, 0.1) is 24.7 Å². The van der Waals surface area contributed by atoms with Crippen LogP contribution >= 0.6 is 11.8 Å². The van der Waals surface area contributed by atoms with E-state index in [9.17, 15) is 4.79 Å². The second kappa shape index (κ2) is 8.03. The first-order valence-electron chi connectivity index (χ1n) is 6.10. The Bertz CT molecular complexity index is 391. The van der Waals surface area contributed by atoms with Gasteiger partial charge in [0, 0.05) is 0 Å². The number of thioether (sulfide) groups is 1. The maximum Gasteiger partial charge on any atom is 0.153 e. The summed E-state index contributed by atoms with van der Waals surface area (Å²) in [6.45, 7) is 2.19. The third kappa shape index (κ3) is 3.95. The minimum absolute atomic E-state index is 0.521. The van der Waals surface area contributed by atoms with E-state index in [-0.39, 0.29) is 0 Å². The molecule has 0 spiro atoms. The molecule has 18 heavy (non-hydrogen) atoms. The maximum atomic E-state index is 10.9. The number of ether oxygens (including phenoxy) is 2. The summed E-state index contributed by atoms with van der Waals surface area (Å²) in [5.41, 5.74) is 0.521. The molecule has 4 heteroatoms. The number of carbonyl (C=O) groups is 1. The predicted molar refractivity (Wildman–Crippen MR) is 75.2 cm³/mol. The van der Waals surface area contributed by atoms with Gasteiger partial charge in [-0.15, -0.1) is 11.8 Å². The minimum atomic E-state index is 0.521. The number of methoxy groups -OCH3 is 2. The molecule has 0 aliphatic rings. The van der Waals surface area contributed by atoms with Crippen molar-refractivity contribution in [1.29, 1.82) is 0 Å². The van der Waals surface area contributed by atoms with Crippen LogP contribution in [-0.4, -0.2) is 26.3 Å². The number of rotatable bonds is 8. The highest BCUT2D eigenvalue weighted by molar-refractivity contribution is 7.99. The molecular weight excluding hydrogens is 248 g/mol. The smallest absolute Gasteiger partial charge is 0.153 e. The van der Waals surface area contributed by atoms with Crippen molar-refractivity contribution in [2.45, 2.75) is 31.1 Å². The van der Waals surface area contributed by atoms with Crippen molar-refractivity contribution in [3.05, 3.63) is 17.7 Å². The summed E-state index contributed by atoms with van der Waals surface area (Å²) in [5, 5.41) is 0. The SMILES string of the molecule is CCCCCSc1cc(OC)c(C=O)cc1OC. The summed E-state index contributed by atoms with van der Waals surface area (Å²) in [5.74, 6) is 2.39. The highest BCUT2D eigenvalue weighted by Crippen LogP contribution is 2.35. The maximum absolute atomic E-state index is 10.9. The molecule has 0 amide bonds. The molecule has 0 saturated heterocycles. The Kier molecular flexibility index (Phi) is 6.65. The fourth-order valence-electron chi connectivity index (χ4n) is 1.63. The van der Waals surface area contributed by atoms with E-state index in [0.29, 0.717) is 11.3 Å². The number of carbonyl (C=O) groups excluding carboxylic acids is 1. The van der Waals surface area contributed by atoms with Crippen molar-refractivity contribution in [2.24, 2.45) is 0 Å². The van der Waals surface area contributed by atoms with Crippen LogP contribution in [0.3, 0.4) is 0 Å². The number of hydrogen-bond acceptors (Lipinski definition) is 4. The Morgan fingerprint density at radius 1 is 1.17 bits per heavy atom. The van der Waals surface area contributed by atoms with E-state index in [1.807, 2.05) is 6.07 Å². The largest absolute Gasteiger partial charge is 0.496 e. The molecule has 0 heterocycles. The molecule has 0 radical (unpaired) electrons. The number of hydrogen-bond donors (Lipinski definition) is 0. The Hall–Kier alpha value is -1.16. The average Bonchev–Trinajstić information content (AvgIpc) is 2.42. The molecule has 0 aromatic heterocycles. The standard InChI is InChI=1S/C14H20O3S/c1-4-5-6-7-18-14-9-12(16-2)11(10-15)8-13(14)17-3/h8-10H,4-7H2,1-3H3. The summed E-state index contributed by atoms with van der Waals surface area (Å²) in [6, 6.07) is 3.60. The van der Waals surface area contributed by atoms with Crippen LogP contribution in [0.5, 0.6) is 11.5 Å². The summed E-state index contributed by atoms with van der Waals surface area (Å²) < 4.78 is 10.5. The number of aldehydes is 1. The molecule has 0 saturated carbocycles. The first kappa shape index (κ1) is 14.9. The molecular formula is C14H20O3S. The molecule has 100 valence electrons. The van der Waals surface area contributed by atoms with Crippen molar-refractivity contribution in [3.8, 4) is 11.5 Å². The second-order valence-corrected chi connectivity index (χ2v) is 5.06. The van der Waals surface area contributed by atoms with Gasteiger partial charge in [0.25, 0.3) is 0 Å². The Labute approximate surface area is 113 Å². The van der Waals surface area contributed by atoms with E-state index in [0.717, 1.165) is 22.7 Å². The lowest BCUT2D eigenvalue weighted by Gasteiger charge is -2.12. The molecule has 0 fully saturated rings. The average molecular weight is 268 g/mol. The van der Waals surface area contributed by atoms with Crippen LogP contribution in [0.1, 0.15) is 36.5 Å². The quantitative estimate of drug-likeness (QED) is 0.408. The Morgan fingerprint density at radius 3 is 2.44 bits per heavy atom. The van der Waals surface area contributed by atoms with Crippen LogP contribution < -0.4 is 9.47 Å². The van der Waals surface area contributed by atoms with Crippen molar-refractivity contribution < 1.29 is 14.3 Å². The van der Waals surface area contributed by atoms with Gasteiger partial charge in [-0.2, -0.15) is 0 Å². The minimum Gasteiger partial charge on any atom is -0.496 e. The molecule has 1 aromatic carbocycles. The van der Waals surface area contributed by atoms with E-state index in [1.54, 1.807) is 32.0 Å². The zero-order valence-corrected chi connectivity index (χ0v) is 12.0. The number of benzene rings is 1. The topological polar surface area (TPSA) is 35.5 Å². The van der Waals surface area contributed by atoms with Gasteiger partial charge in [0.1, 0.15) is 11.5 Å². The first-order valence-corrected chi connectivity index (χ1v) is 7.09. The van der Waals surface area contributed by atoms with Gasteiger partial charge in [-0.05, 0) is 24.3 Å². The zero-order chi connectivity index (χ0) is 13.4. The summed E-state index contributed by atoms with van der Waals surface area (Å²) in [4.78, 5) is 11.9. The van der Waals surface area contributed by atoms with Crippen LogP contribution in [-0.2, 0) is 0 Å². The molecule has 0 unspecified atom stereocenters. The van der Waals surface area contributed by atoms with Crippen LogP contribution in [0.4, 0.5) is 0 Å². The highest BCUT2D eigenvalue weighted by atomic mass is 32.2. The van der Waals surface area contributed by atoms with Gasteiger partial charge in [0.2, 0.25) is 0 Å². The molecule has 1 aromatic rings. The van der Waals surface area contributed by atoms with Crippen LogP contribution in [0, 0.1) is 0 Å². The number of unbranched alkanes of at least 4 members (excludes halogenated alkanes) is 2. The third-order valence-electron chi connectivity index (χ3n) is 2.65. The Balaban J connectivity index is 2.84. The molecule has 0 aliphatic carbocycles. The summed E-state index contributed by atoms with van der Waals surface area (Å²) in [6.07, 6.45) is 4.42. The first-order chi connectivity index (χ1) is 8.76. The fraction of sp³-hybridized carbons (Fsp3) is 0.500. The molecule has 0 N–H and O–H groups in total. The molecule has 0 aliphatic heterocycles. The monoisotopic (exact) mass is 268 g/mol. The van der Waals surface area contributed by atoms with Gasteiger partial charge in [-0.25, -0.2) is 0 Å². The lowest BCUT2D eigenvalue weighted by atomic mass is 10.2.